The van der Waals surface area contributed by atoms with E-state index < -0.39 is 0 Å². The van der Waals surface area contributed by atoms with Crippen LogP contribution in [0.1, 0.15) is 25.3 Å². The highest BCUT2D eigenvalue weighted by Gasteiger charge is 2.24. The average Bonchev–Trinajstić information content (AvgIpc) is 3.14. The van der Waals surface area contributed by atoms with Crippen molar-refractivity contribution in [3.63, 3.8) is 0 Å². The van der Waals surface area contributed by atoms with Crippen LogP contribution < -0.4 is 5.32 Å². The summed E-state index contributed by atoms with van der Waals surface area (Å²) >= 11 is 0. The largest absolute Gasteiger partial charge is 0.379 e. The standard InChI is InChI=1S/C21H34N4O.HI/c1-2-22-21(23-10-6-11-24-13-15-26-16-14-24)25-12-9-20(18-25)17-19-7-4-3-5-8-19;/h3-5,7-8,20H,2,6,9-18H2,1H3,(H,22,23);1H. The average molecular weight is 486 g/mol. The van der Waals surface area contributed by atoms with Crippen LogP contribution in [-0.4, -0.2) is 74.8 Å². The molecule has 1 N–H and O–H groups in total. The Balaban J connectivity index is 0.00000261. The third kappa shape index (κ3) is 7.58. The van der Waals surface area contributed by atoms with E-state index in [1.807, 2.05) is 0 Å². The molecule has 1 aromatic carbocycles. The van der Waals surface area contributed by atoms with Gasteiger partial charge in [0.15, 0.2) is 5.96 Å². The molecule has 0 bridgehead atoms. The van der Waals surface area contributed by atoms with Crippen LogP contribution in [0.25, 0.3) is 0 Å². The Labute approximate surface area is 181 Å². The summed E-state index contributed by atoms with van der Waals surface area (Å²) in [4.78, 5) is 9.83. The van der Waals surface area contributed by atoms with E-state index in [4.69, 9.17) is 9.73 Å². The zero-order chi connectivity index (χ0) is 18.0. The Kier molecular flexibility index (Phi) is 10.4. The fourth-order valence-corrected chi connectivity index (χ4v) is 3.87. The number of halogens is 1. The first-order valence-electron chi connectivity index (χ1n) is 10.2. The minimum Gasteiger partial charge on any atom is -0.379 e. The van der Waals surface area contributed by atoms with E-state index in [1.54, 1.807) is 0 Å². The molecule has 0 aromatic heterocycles. The number of aliphatic imine (C=N–C) groups is 1. The molecular weight excluding hydrogens is 451 g/mol. The smallest absolute Gasteiger partial charge is 0.193 e. The summed E-state index contributed by atoms with van der Waals surface area (Å²) in [5.41, 5.74) is 1.45. The van der Waals surface area contributed by atoms with Crippen molar-refractivity contribution in [1.82, 2.24) is 15.1 Å². The van der Waals surface area contributed by atoms with Crippen molar-refractivity contribution < 1.29 is 4.74 Å². The van der Waals surface area contributed by atoms with Crippen molar-refractivity contribution in [2.75, 3.05) is 59.0 Å². The van der Waals surface area contributed by atoms with E-state index in [9.17, 15) is 0 Å². The number of hydrogen-bond donors (Lipinski definition) is 1. The van der Waals surface area contributed by atoms with Crippen LogP contribution in [0.2, 0.25) is 0 Å². The fraction of sp³-hybridized carbons (Fsp3) is 0.667. The second-order valence-electron chi connectivity index (χ2n) is 7.33. The second kappa shape index (κ2) is 12.6. The molecule has 152 valence electrons. The molecule has 0 aliphatic carbocycles. The first-order chi connectivity index (χ1) is 12.8. The molecule has 0 radical (unpaired) electrons. The summed E-state index contributed by atoms with van der Waals surface area (Å²) in [5.74, 6) is 1.83. The van der Waals surface area contributed by atoms with E-state index in [0.29, 0.717) is 0 Å². The Morgan fingerprint density at radius 2 is 1.96 bits per heavy atom. The SMILES string of the molecule is CCNC(=NCCCN1CCOCC1)N1CCC(Cc2ccccc2)C1.I. The molecule has 3 rings (SSSR count). The van der Waals surface area contributed by atoms with Gasteiger partial charge < -0.3 is 15.0 Å². The predicted molar refractivity (Wildman–Crippen MR) is 123 cm³/mol. The van der Waals surface area contributed by atoms with Crippen LogP contribution in [0.4, 0.5) is 0 Å². The van der Waals surface area contributed by atoms with Crippen molar-refractivity contribution in [3.05, 3.63) is 35.9 Å². The Hall–Kier alpha value is -0.860. The summed E-state index contributed by atoms with van der Waals surface area (Å²) in [5, 5.41) is 3.49. The van der Waals surface area contributed by atoms with Crippen LogP contribution in [0, 0.1) is 5.92 Å². The lowest BCUT2D eigenvalue weighted by molar-refractivity contribution is 0.0377. The molecule has 0 spiro atoms. The van der Waals surface area contributed by atoms with E-state index in [-0.39, 0.29) is 24.0 Å². The molecular formula is C21H35IN4O. The van der Waals surface area contributed by atoms with Gasteiger partial charge in [0, 0.05) is 45.8 Å². The molecule has 0 saturated carbocycles. The van der Waals surface area contributed by atoms with E-state index in [2.05, 4.69) is 52.4 Å². The quantitative estimate of drug-likeness (QED) is 0.279. The third-order valence-corrected chi connectivity index (χ3v) is 5.29. The lowest BCUT2D eigenvalue weighted by Gasteiger charge is -2.26. The number of nitrogens with one attached hydrogen (secondary N) is 1. The molecule has 2 saturated heterocycles. The van der Waals surface area contributed by atoms with Crippen molar-refractivity contribution in [3.8, 4) is 0 Å². The molecule has 2 fully saturated rings. The van der Waals surface area contributed by atoms with Gasteiger partial charge in [-0.3, -0.25) is 9.89 Å². The monoisotopic (exact) mass is 486 g/mol. The minimum absolute atomic E-state index is 0. The number of ether oxygens (including phenoxy) is 1. The fourth-order valence-electron chi connectivity index (χ4n) is 3.87. The van der Waals surface area contributed by atoms with Gasteiger partial charge in [0.1, 0.15) is 0 Å². The molecule has 1 atom stereocenters. The molecule has 1 unspecified atom stereocenters. The highest BCUT2D eigenvalue weighted by atomic mass is 127. The number of morpholine rings is 1. The molecule has 1 aromatic rings. The topological polar surface area (TPSA) is 40.1 Å². The molecule has 5 nitrogen and oxygen atoms in total. The first-order valence-corrected chi connectivity index (χ1v) is 10.2. The maximum Gasteiger partial charge on any atom is 0.193 e. The number of likely N-dealkylation sites (tertiary alicyclic amines) is 1. The van der Waals surface area contributed by atoms with Gasteiger partial charge >= 0.3 is 0 Å². The van der Waals surface area contributed by atoms with E-state index in [0.717, 1.165) is 77.3 Å². The second-order valence-corrected chi connectivity index (χ2v) is 7.33. The molecule has 2 aliphatic heterocycles. The van der Waals surface area contributed by atoms with Crippen molar-refractivity contribution in [2.45, 2.75) is 26.2 Å². The predicted octanol–water partition coefficient (Wildman–Crippen LogP) is 2.86. The summed E-state index contributed by atoms with van der Waals surface area (Å²) in [6, 6.07) is 10.9. The van der Waals surface area contributed by atoms with Crippen molar-refractivity contribution in [2.24, 2.45) is 10.9 Å². The van der Waals surface area contributed by atoms with Gasteiger partial charge in [-0.25, -0.2) is 0 Å². The molecule has 6 heteroatoms. The molecule has 27 heavy (non-hydrogen) atoms. The van der Waals surface area contributed by atoms with Gasteiger partial charge in [-0.15, -0.1) is 24.0 Å². The van der Waals surface area contributed by atoms with Crippen molar-refractivity contribution >= 4 is 29.9 Å². The Bertz CT molecular complexity index is 548. The number of benzene rings is 1. The summed E-state index contributed by atoms with van der Waals surface area (Å²) < 4.78 is 5.41. The lowest BCUT2D eigenvalue weighted by atomic mass is 9.99. The highest BCUT2D eigenvalue weighted by Crippen LogP contribution is 2.20. The number of rotatable bonds is 7. The number of nitrogens with zero attached hydrogens (tertiary/aromatic N) is 3. The van der Waals surface area contributed by atoms with Gasteiger partial charge in [-0.2, -0.15) is 0 Å². The van der Waals surface area contributed by atoms with Crippen LogP contribution in [0.15, 0.2) is 35.3 Å². The highest BCUT2D eigenvalue weighted by molar-refractivity contribution is 14.0. The zero-order valence-corrected chi connectivity index (χ0v) is 18.9. The molecule has 2 heterocycles. The Morgan fingerprint density at radius 1 is 1.19 bits per heavy atom. The molecule has 0 amide bonds. The van der Waals surface area contributed by atoms with Gasteiger partial charge in [0.25, 0.3) is 0 Å². The van der Waals surface area contributed by atoms with Gasteiger partial charge in [-0.05, 0) is 37.7 Å². The van der Waals surface area contributed by atoms with E-state index in [1.165, 1.54) is 18.4 Å². The van der Waals surface area contributed by atoms with Crippen LogP contribution in [0.5, 0.6) is 0 Å². The van der Waals surface area contributed by atoms with Crippen LogP contribution >= 0.6 is 24.0 Å². The van der Waals surface area contributed by atoms with Gasteiger partial charge in [0.05, 0.1) is 13.2 Å². The summed E-state index contributed by atoms with van der Waals surface area (Å²) in [6.07, 6.45) is 3.55. The Morgan fingerprint density at radius 3 is 2.70 bits per heavy atom. The number of guanidine groups is 1. The maximum atomic E-state index is 5.41. The first kappa shape index (κ1) is 22.4. The summed E-state index contributed by atoms with van der Waals surface area (Å²) in [7, 11) is 0. The minimum atomic E-state index is 0. The third-order valence-electron chi connectivity index (χ3n) is 5.29. The van der Waals surface area contributed by atoms with Gasteiger partial charge in [-0.1, -0.05) is 30.3 Å². The van der Waals surface area contributed by atoms with Crippen LogP contribution in [-0.2, 0) is 11.2 Å². The number of hydrogen-bond acceptors (Lipinski definition) is 3. The molecule has 2 aliphatic rings. The van der Waals surface area contributed by atoms with E-state index >= 15 is 0 Å². The summed E-state index contributed by atoms with van der Waals surface area (Å²) in [6.45, 7) is 11.2. The normalized spacial score (nSPS) is 21.1. The van der Waals surface area contributed by atoms with Crippen molar-refractivity contribution in [1.29, 1.82) is 0 Å². The maximum absolute atomic E-state index is 5.41. The lowest BCUT2D eigenvalue weighted by Crippen LogP contribution is -2.40. The zero-order valence-electron chi connectivity index (χ0n) is 16.6. The van der Waals surface area contributed by atoms with Crippen LogP contribution in [0.3, 0.4) is 0 Å². The van der Waals surface area contributed by atoms with Gasteiger partial charge in [0.2, 0.25) is 0 Å².